The van der Waals surface area contributed by atoms with Gasteiger partial charge < -0.3 is 14.6 Å². The van der Waals surface area contributed by atoms with Crippen LogP contribution in [-0.4, -0.2) is 60.3 Å². The number of aryl methyl sites for hydroxylation is 1. The molecule has 2 aromatic carbocycles. The summed E-state index contributed by atoms with van der Waals surface area (Å²) in [6, 6.07) is 9.96. The van der Waals surface area contributed by atoms with E-state index >= 15 is 0 Å². The van der Waals surface area contributed by atoms with Gasteiger partial charge in [-0.1, -0.05) is 23.7 Å². The average molecular weight is 596 g/mol. The molecule has 0 saturated heterocycles. The molecule has 3 heterocycles. The summed E-state index contributed by atoms with van der Waals surface area (Å²) < 4.78 is 54.7. The first-order valence-electron chi connectivity index (χ1n) is 11.8. The fourth-order valence-corrected chi connectivity index (χ4v) is 6.22. The molecular formula is C24H21ClF3N7O4S. The molecule has 0 saturated carbocycles. The van der Waals surface area contributed by atoms with E-state index in [0.29, 0.717) is 27.6 Å². The summed E-state index contributed by atoms with van der Waals surface area (Å²) in [6.45, 7) is 0.123. The van der Waals surface area contributed by atoms with Crippen molar-refractivity contribution in [2.45, 2.75) is 36.1 Å². The van der Waals surface area contributed by atoms with Gasteiger partial charge in [0.25, 0.3) is 0 Å². The number of ether oxygens (including phenoxy) is 2. The summed E-state index contributed by atoms with van der Waals surface area (Å²) >= 11 is 7.71. The van der Waals surface area contributed by atoms with Gasteiger partial charge in [-0.05, 0) is 41.5 Å². The zero-order chi connectivity index (χ0) is 28.6. The Kier molecular flexibility index (Phi) is 7.59. The summed E-state index contributed by atoms with van der Waals surface area (Å²) in [5, 5.41) is 27.3. The number of aliphatic carboxylic acids is 1. The maximum atomic E-state index is 14.2. The summed E-state index contributed by atoms with van der Waals surface area (Å²) in [5.41, 5.74) is 1.39. The van der Waals surface area contributed by atoms with Gasteiger partial charge in [-0.3, -0.25) is 9.36 Å². The average Bonchev–Trinajstić information content (AvgIpc) is 3.52. The number of carboxylic acids is 1. The fraction of sp³-hybridized carbons (Fsp3) is 0.333. The molecule has 40 heavy (non-hydrogen) atoms. The standard InChI is InChI=1S/C24H21ClF3N7O4S/c1-38-16-5-3-4-13(20(16)39-2)21-14-10-12(25)6-7-15(14)35-22(30-31-23(35)24(26,27)28)17(40-21)8-9-34-32-18(29-33-34)11-19(36)37/h3-7,10,17,21H,8-9,11H2,1-2H3,(H,36,37)/t17-,21-/m0/s1. The van der Waals surface area contributed by atoms with Crippen molar-refractivity contribution in [3.63, 3.8) is 0 Å². The predicted octanol–water partition coefficient (Wildman–Crippen LogP) is 4.54. The maximum absolute atomic E-state index is 14.2. The van der Waals surface area contributed by atoms with Crippen LogP contribution in [0.5, 0.6) is 11.5 Å². The highest BCUT2D eigenvalue weighted by atomic mass is 35.5. The number of thioether (sulfide) groups is 1. The second kappa shape index (κ2) is 11.0. The molecular weight excluding hydrogens is 575 g/mol. The highest BCUT2D eigenvalue weighted by molar-refractivity contribution is 8.00. The number of carbonyl (C=O) groups is 1. The number of para-hydroxylation sites is 1. The molecule has 0 unspecified atom stereocenters. The molecule has 0 fully saturated rings. The van der Waals surface area contributed by atoms with Crippen LogP contribution in [0.25, 0.3) is 5.69 Å². The molecule has 0 radical (unpaired) electrons. The van der Waals surface area contributed by atoms with Crippen LogP contribution in [0.15, 0.2) is 36.4 Å². The topological polar surface area (TPSA) is 130 Å². The van der Waals surface area contributed by atoms with Gasteiger partial charge in [0, 0.05) is 10.6 Å². The van der Waals surface area contributed by atoms with Crippen LogP contribution in [0.3, 0.4) is 0 Å². The van der Waals surface area contributed by atoms with Crippen molar-refractivity contribution in [2.24, 2.45) is 0 Å². The SMILES string of the molecule is COc1cccc([C@@H]2S[C@@H](CCn3nnc(CC(=O)O)n3)c3nnc(C(F)(F)F)n3-c3ccc(Cl)cc32)c1OC. The molecule has 0 bridgehead atoms. The Bertz CT molecular complexity index is 1560. The van der Waals surface area contributed by atoms with Crippen molar-refractivity contribution >= 4 is 29.3 Å². The monoisotopic (exact) mass is 595 g/mol. The van der Waals surface area contributed by atoms with Crippen LogP contribution in [0, 0.1) is 0 Å². The number of hydrogen-bond donors (Lipinski definition) is 1. The number of tetrazole rings is 1. The minimum absolute atomic E-state index is 0.0181. The Labute approximate surface area is 234 Å². The van der Waals surface area contributed by atoms with Crippen molar-refractivity contribution in [2.75, 3.05) is 14.2 Å². The Morgan fingerprint density at radius 2 is 1.93 bits per heavy atom. The van der Waals surface area contributed by atoms with Gasteiger partial charge in [0.15, 0.2) is 23.1 Å². The van der Waals surface area contributed by atoms with Crippen molar-refractivity contribution in [1.29, 1.82) is 0 Å². The van der Waals surface area contributed by atoms with E-state index < -0.39 is 34.9 Å². The molecule has 0 aliphatic carbocycles. The number of alkyl halides is 3. The summed E-state index contributed by atoms with van der Waals surface area (Å²) in [6.07, 6.45) is -4.98. The minimum Gasteiger partial charge on any atom is -0.493 e. The predicted molar refractivity (Wildman–Crippen MR) is 137 cm³/mol. The number of carboxylic acid groups (broad SMARTS) is 1. The highest BCUT2D eigenvalue weighted by Crippen LogP contribution is 2.54. The lowest BCUT2D eigenvalue weighted by Crippen LogP contribution is -2.16. The van der Waals surface area contributed by atoms with Gasteiger partial charge in [-0.2, -0.15) is 18.0 Å². The van der Waals surface area contributed by atoms with E-state index in [4.69, 9.17) is 26.2 Å². The molecule has 16 heteroatoms. The second-order valence-electron chi connectivity index (χ2n) is 8.67. The Morgan fingerprint density at radius 1 is 1.12 bits per heavy atom. The molecule has 5 rings (SSSR count). The smallest absolute Gasteiger partial charge is 0.452 e. The van der Waals surface area contributed by atoms with Crippen LogP contribution in [0.2, 0.25) is 5.02 Å². The van der Waals surface area contributed by atoms with Crippen molar-refractivity contribution < 1.29 is 32.5 Å². The third-order valence-corrected chi connectivity index (χ3v) is 7.94. The number of halogens is 4. The van der Waals surface area contributed by atoms with Gasteiger partial charge in [0.1, 0.15) is 6.42 Å². The minimum atomic E-state index is -4.79. The number of benzene rings is 2. The van der Waals surface area contributed by atoms with Crippen LogP contribution in [0.1, 0.15) is 45.5 Å². The Morgan fingerprint density at radius 3 is 2.62 bits per heavy atom. The molecule has 4 aromatic rings. The molecule has 0 spiro atoms. The van der Waals surface area contributed by atoms with Crippen LogP contribution in [-0.2, 0) is 23.9 Å². The summed E-state index contributed by atoms with van der Waals surface area (Å²) in [7, 11) is 2.98. The van der Waals surface area contributed by atoms with Gasteiger partial charge in [0.2, 0.25) is 5.82 Å². The first-order valence-corrected chi connectivity index (χ1v) is 13.1. The van der Waals surface area contributed by atoms with E-state index in [0.717, 1.165) is 4.57 Å². The Hall–Kier alpha value is -3.85. The first-order chi connectivity index (χ1) is 19.1. The van der Waals surface area contributed by atoms with E-state index in [1.165, 1.54) is 42.9 Å². The summed E-state index contributed by atoms with van der Waals surface area (Å²) in [4.78, 5) is 12.2. The van der Waals surface area contributed by atoms with E-state index in [9.17, 15) is 18.0 Å². The van der Waals surface area contributed by atoms with Crippen LogP contribution < -0.4 is 9.47 Å². The molecule has 1 N–H and O–H groups in total. The van der Waals surface area contributed by atoms with E-state index in [1.54, 1.807) is 18.2 Å². The zero-order valence-electron chi connectivity index (χ0n) is 21.0. The first kappa shape index (κ1) is 27.7. The molecule has 11 nitrogen and oxygen atoms in total. The number of methoxy groups -OCH3 is 2. The zero-order valence-corrected chi connectivity index (χ0v) is 22.5. The number of hydrogen-bond acceptors (Lipinski definition) is 9. The van der Waals surface area contributed by atoms with Gasteiger partial charge in [-0.15, -0.1) is 32.2 Å². The van der Waals surface area contributed by atoms with Gasteiger partial charge >= 0.3 is 12.1 Å². The second-order valence-corrected chi connectivity index (χ2v) is 10.4. The highest BCUT2D eigenvalue weighted by Gasteiger charge is 2.43. The molecule has 1 aliphatic rings. The maximum Gasteiger partial charge on any atom is 0.452 e. The van der Waals surface area contributed by atoms with Gasteiger partial charge in [0.05, 0.1) is 37.0 Å². The van der Waals surface area contributed by atoms with Gasteiger partial charge in [-0.25, -0.2) is 0 Å². The molecule has 210 valence electrons. The number of nitrogens with zero attached hydrogens (tertiary/aromatic N) is 7. The third kappa shape index (κ3) is 5.30. The van der Waals surface area contributed by atoms with Crippen LogP contribution >= 0.6 is 23.4 Å². The Balaban J connectivity index is 1.65. The number of fused-ring (bicyclic) bond motifs is 3. The largest absolute Gasteiger partial charge is 0.493 e. The van der Waals surface area contributed by atoms with E-state index in [-0.39, 0.29) is 30.3 Å². The molecule has 2 aromatic heterocycles. The lowest BCUT2D eigenvalue weighted by molar-refractivity contribution is -0.146. The number of rotatable bonds is 8. The van der Waals surface area contributed by atoms with Crippen LogP contribution in [0.4, 0.5) is 13.2 Å². The van der Waals surface area contributed by atoms with Crippen molar-refractivity contribution in [3.05, 3.63) is 70.0 Å². The third-order valence-electron chi connectivity index (χ3n) is 6.15. The van der Waals surface area contributed by atoms with E-state index in [1.807, 2.05) is 6.07 Å². The fourth-order valence-electron chi connectivity index (χ4n) is 4.53. The quantitative estimate of drug-likeness (QED) is 0.310. The van der Waals surface area contributed by atoms with E-state index in [2.05, 4.69) is 25.6 Å². The number of aromatic nitrogens is 7. The van der Waals surface area contributed by atoms with Crippen molar-refractivity contribution in [1.82, 2.24) is 35.0 Å². The molecule has 1 aliphatic heterocycles. The molecule has 2 atom stereocenters. The lowest BCUT2D eigenvalue weighted by Gasteiger charge is -2.24. The summed E-state index contributed by atoms with van der Waals surface area (Å²) in [5.74, 6) is -1.30. The normalized spacial score (nSPS) is 16.6. The molecule has 0 amide bonds. The lowest BCUT2D eigenvalue weighted by atomic mass is 10.0. The van der Waals surface area contributed by atoms with Crippen molar-refractivity contribution in [3.8, 4) is 17.2 Å².